The summed E-state index contributed by atoms with van der Waals surface area (Å²) in [6.45, 7) is 5.81. The quantitative estimate of drug-likeness (QED) is 0.227. The molecule has 48 heavy (non-hydrogen) atoms. The first kappa shape index (κ1) is 32.6. The number of halogens is 1. The minimum absolute atomic E-state index is 0.0819. The van der Waals surface area contributed by atoms with Gasteiger partial charge in [-0.05, 0) is 104 Å². The predicted molar refractivity (Wildman–Crippen MR) is 179 cm³/mol. The Bertz CT molecular complexity index is 1920. The third-order valence-electron chi connectivity index (χ3n) is 9.28. The molecule has 2 heterocycles. The monoisotopic (exact) mass is 648 g/mol. The van der Waals surface area contributed by atoms with Crippen LogP contribution in [0.25, 0.3) is 11.1 Å². The predicted octanol–water partition coefficient (Wildman–Crippen LogP) is 5.88. The molecule has 1 aliphatic carbocycles. The number of likely N-dealkylation sites (N-methyl/N-ethyl adjacent to an activating group) is 1. The lowest BCUT2D eigenvalue weighted by molar-refractivity contribution is -0.122. The number of esters is 1. The van der Waals surface area contributed by atoms with Crippen molar-refractivity contribution >= 4 is 29.4 Å². The molecule has 1 atom stereocenters. The molecule has 1 N–H and O–H groups in total. The number of carbonyl (C=O) groups is 4. The Morgan fingerprint density at radius 2 is 1.73 bits per heavy atom. The second kappa shape index (κ2) is 13.0. The molecule has 1 aromatic heterocycles. The number of anilines is 1. The summed E-state index contributed by atoms with van der Waals surface area (Å²) in [6.07, 6.45) is 4.91. The van der Waals surface area contributed by atoms with Gasteiger partial charge in [-0.3, -0.25) is 19.4 Å². The Balaban J connectivity index is 1.14. The van der Waals surface area contributed by atoms with Crippen LogP contribution in [0.4, 0.5) is 10.1 Å². The Labute approximate surface area is 278 Å². The van der Waals surface area contributed by atoms with Crippen LogP contribution in [-0.2, 0) is 16.1 Å². The van der Waals surface area contributed by atoms with Crippen molar-refractivity contribution in [3.63, 3.8) is 0 Å². The van der Waals surface area contributed by atoms with Gasteiger partial charge in [0.2, 0.25) is 5.91 Å². The number of pyridine rings is 1. The fourth-order valence-corrected chi connectivity index (χ4v) is 6.11. The van der Waals surface area contributed by atoms with Gasteiger partial charge in [0.1, 0.15) is 11.9 Å². The van der Waals surface area contributed by atoms with Crippen LogP contribution < -0.4 is 10.2 Å². The molecule has 0 bridgehead atoms. The maximum Gasteiger partial charge on any atom is 0.338 e. The molecule has 9 nitrogen and oxygen atoms in total. The number of hydrogen-bond acceptors (Lipinski definition) is 6. The van der Waals surface area contributed by atoms with Gasteiger partial charge in [-0.25, -0.2) is 9.18 Å². The van der Waals surface area contributed by atoms with E-state index in [2.05, 4.69) is 10.3 Å². The van der Waals surface area contributed by atoms with Gasteiger partial charge >= 0.3 is 5.97 Å². The van der Waals surface area contributed by atoms with Gasteiger partial charge < -0.3 is 19.9 Å². The first-order valence-corrected chi connectivity index (χ1v) is 15.9. The van der Waals surface area contributed by atoms with Crippen LogP contribution in [0.1, 0.15) is 67.5 Å². The van der Waals surface area contributed by atoms with Crippen molar-refractivity contribution in [3.05, 3.63) is 118 Å². The first-order valence-electron chi connectivity index (χ1n) is 15.9. The van der Waals surface area contributed by atoms with Gasteiger partial charge in [0, 0.05) is 43.5 Å². The fraction of sp³-hybridized carbons (Fsp3) is 0.289. The van der Waals surface area contributed by atoms with Crippen molar-refractivity contribution in [1.82, 2.24) is 15.2 Å². The van der Waals surface area contributed by atoms with Crippen LogP contribution in [0.2, 0.25) is 0 Å². The minimum atomic E-state index is -0.846. The zero-order valence-electron chi connectivity index (χ0n) is 27.4. The highest BCUT2D eigenvalue weighted by molar-refractivity contribution is 6.11. The smallest absolute Gasteiger partial charge is 0.338 e. The highest BCUT2D eigenvalue weighted by Gasteiger charge is 2.44. The van der Waals surface area contributed by atoms with Crippen molar-refractivity contribution < 1.29 is 28.3 Å². The summed E-state index contributed by atoms with van der Waals surface area (Å²) < 4.78 is 20.5. The average molecular weight is 649 g/mol. The number of hydrogen-bond donors (Lipinski definition) is 1. The van der Waals surface area contributed by atoms with Gasteiger partial charge in [0.05, 0.1) is 23.4 Å². The van der Waals surface area contributed by atoms with Gasteiger partial charge in [-0.2, -0.15) is 0 Å². The summed E-state index contributed by atoms with van der Waals surface area (Å²) in [5.41, 5.74) is 5.04. The van der Waals surface area contributed by atoms with Gasteiger partial charge in [0.25, 0.3) is 11.8 Å². The molecule has 246 valence electrons. The molecule has 0 unspecified atom stereocenters. The van der Waals surface area contributed by atoms with E-state index in [4.69, 9.17) is 4.74 Å². The number of amides is 3. The summed E-state index contributed by atoms with van der Waals surface area (Å²) in [7, 11) is 1.63. The number of aromatic nitrogens is 1. The highest BCUT2D eigenvalue weighted by atomic mass is 19.1. The Kier molecular flexibility index (Phi) is 8.83. The molecule has 1 aliphatic heterocycles. The fourth-order valence-electron chi connectivity index (χ4n) is 6.11. The summed E-state index contributed by atoms with van der Waals surface area (Å²) >= 11 is 0. The molecule has 6 rings (SSSR count). The normalized spacial score (nSPS) is 16.6. The largest absolute Gasteiger partial charge is 0.461 e. The second-order valence-electron chi connectivity index (χ2n) is 12.9. The highest BCUT2D eigenvalue weighted by Crippen LogP contribution is 2.45. The number of nitrogens with one attached hydrogen (secondary N) is 1. The topological polar surface area (TPSA) is 109 Å². The molecule has 0 spiro atoms. The van der Waals surface area contributed by atoms with E-state index in [1.165, 1.54) is 21.9 Å². The van der Waals surface area contributed by atoms with Crippen molar-refractivity contribution in [2.45, 2.75) is 46.2 Å². The van der Waals surface area contributed by atoms with E-state index in [1.54, 1.807) is 44.6 Å². The molecule has 4 aromatic rings. The minimum Gasteiger partial charge on any atom is -0.461 e. The van der Waals surface area contributed by atoms with E-state index in [0.717, 1.165) is 41.2 Å². The molecule has 3 amide bonds. The molecule has 3 aromatic carbocycles. The molecule has 1 fully saturated rings. The van der Waals surface area contributed by atoms with Crippen molar-refractivity contribution in [2.24, 2.45) is 5.41 Å². The number of benzene rings is 3. The molecule has 1 saturated carbocycles. The van der Waals surface area contributed by atoms with Gasteiger partial charge in [-0.15, -0.1) is 0 Å². The maximum absolute atomic E-state index is 14.9. The Morgan fingerprint density at radius 3 is 2.44 bits per heavy atom. The van der Waals surface area contributed by atoms with E-state index in [-0.39, 0.29) is 42.5 Å². The standard InChI is InChI=1S/C38H37FN4O5/c1-23-5-7-31(24(2)15-23)37(47)48-22-38(11-12-38)21-41-34(44)29-16-26(17-30(39)18-29)20-43-25(3)35(45)42(4)33-19-28(6-8-32(33)36(43)46)27-9-13-40-14-10-27/h5-10,13-19,25H,11-12,20-22H2,1-4H3,(H,41,44)/t25-/m1/s1. The lowest BCUT2D eigenvalue weighted by Gasteiger charge is -2.27. The van der Waals surface area contributed by atoms with E-state index in [0.29, 0.717) is 22.4 Å². The molecule has 0 saturated heterocycles. The molecule has 2 aliphatic rings. The summed E-state index contributed by atoms with van der Waals surface area (Å²) in [6, 6.07) is 17.6. The SMILES string of the molecule is Cc1ccc(C(=O)OCC2(CNC(=O)c3cc(F)cc(CN4C(=O)c5ccc(-c6ccncc6)cc5N(C)C(=O)[C@H]4C)c3)CC2)c(C)c1. The Morgan fingerprint density at radius 1 is 0.979 bits per heavy atom. The number of aryl methyl sites for hydroxylation is 2. The number of ether oxygens (including phenoxy) is 1. The number of carbonyl (C=O) groups excluding carboxylic acids is 4. The van der Waals surface area contributed by atoms with Gasteiger partial charge in [-0.1, -0.05) is 23.8 Å². The third kappa shape index (κ3) is 6.69. The van der Waals surface area contributed by atoms with Crippen LogP contribution in [-0.4, -0.2) is 59.8 Å². The maximum atomic E-state index is 14.9. The lowest BCUT2D eigenvalue weighted by atomic mass is 10.0. The van der Waals surface area contributed by atoms with E-state index >= 15 is 0 Å². The average Bonchev–Trinajstić information content (AvgIpc) is 3.87. The second-order valence-corrected chi connectivity index (χ2v) is 12.9. The van der Waals surface area contributed by atoms with Crippen LogP contribution in [0.15, 0.2) is 79.1 Å². The molecule has 10 heteroatoms. The summed E-state index contributed by atoms with van der Waals surface area (Å²) in [5.74, 6) is -2.20. The van der Waals surface area contributed by atoms with Crippen LogP contribution in [0.5, 0.6) is 0 Å². The van der Waals surface area contributed by atoms with Crippen molar-refractivity contribution in [3.8, 4) is 11.1 Å². The summed E-state index contributed by atoms with van der Waals surface area (Å²) in [5, 5.41) is 2.87. The number of rotatable bonds is 9. The zero-order valence-corrected chi connectivity index (χ0v) is 27.4. The summed E-state index contributed by atoms with van der Waals surface area (Å²) in [4.78, 5) is 60.2. The third-order valence-corrected chi connectivity index (χ3v) is 9.28. The zero-order chi connectivity index (χ0) is 34.2. The van der Waals surface area contributed by atoms with E-state index < -0.39 is 23.7 Å². The van der Waals surface area contributed by atoms with Gasteiger partial charge in [0.15, 0.2) is 0 Å². The van der Waals surface area contributed by atoms with Crippen LogP contribution >= 0.6 is 0 Å². The first-order chi connectivity index (χ1) is 22.9. The molecular formula is C38H37FN4O5. The number of nitrogens with zero attached hydrogens (tertiary/aromatic N) is 3. The Hall–Kier alpha value is -5.38. The van der Waals surface area contributed by atoms with Crippen molar-refractivity contribution in [1.29, 1.82) is 0 Å². The molecule has 0 radical (unpaired) electrons. The molecular weight excluding hydrogens is 611 g/mol. The number of fused-ring (bicyclic) bond motifs is 1. The van der Waals surface area contributed by atoms with Crippen LogP contribution in [0, 0.1) is 25.1 Å². The van der Waals surface area contributed by atoms with E-state index in [1.807, 2.05) is 44.2 Å². The van der Waals surface area contributed by atoms with E-state index in [9.17, 15) is 23.6 Å². The van der Waals surface area contributed by atoms with Crippen molar-refractivity contribution in [2.75, 3.05) is 25.1 Å². The van der Waals surface area contributed by atoms with Crippen LogP contribution in [0.3, 0.4) is 0 Å². The lowest BCUT2D eigenvalue weighted by Crippen LogP contribution is -2.45.